The SMILES string of the molecule is Cc1ccc(CNCC2(CC(C)C)CCCC2)c(C)c1. The maximum absolute atomic E-state index is 3.75. The standard InChI is InChI=1S/C19H31N/c1-15(2)12-19(9-5-6-10-19)14-20-13-18-8-7-16(3)11-17(18)4/h7-8,11,15,20H,5-6,9-10,12-14H2,1-4H3. The minimum Gasteiger partial charge on any atom is -0.312 e. The van der Waals surface area contributed by atoms with Gasteiger partial charge >= 0.3 is 0 Å². The average Bonchev–Trinajstić information content (AvgIpc) is 2.80. The van der Waals surface area contributed by atoms with Crippen LogP contribution in [0.15, 0.2) is 18.2 Å². The van der Waals surface area contributed by atoms with Crippen molar-refractivity contribution >= 4 is 0 Å². The van der Waals surface area contributed by atoms with Gasteiger partial charge in [0, 0.05) is 13.1 Å². The van der Waals surface area contributed by atoms with Crippen LogP contribution >= 0.6 is 0 Å². The fraction of sp³-hybridized carbons (Fsp3) is 0.684. The molecule has 0 amide bonds. The highest BCUT2D eigenvalue weighted by atomic mass is 14.9. The quantitative estimate of drug-likeness (QED) is 0.769. The molecule has 1 aliphatic carbocycles. The number of rotatable bonds is 6. The van der Waals surface area contributed by atoms with Gasteiger partial charge in [0.2, 0.25) is 0 Å². The maximum atomic E-state index is 3.75. The highest BCUT2D eigenvalue weighted by Gasteiger charge is 2.33. The smallest absolute Gasteiger partial charge is 0.0208 e. The molecule has 0 atom stereocenters. The summed E-state index contributed by atoms with van der Waals surface area (Å²) in [6.07, 6.45) is 7.08. The zero-order chi connectivity index (χ0) is 14.6. The van der Waals surface area contributed by atoms with Gasteiger partial charge in [0.25, 0.3) is 0 Å². The minimum atomic E-state index is 0.576. The van der Waals surface area contributed by atoms with Crippen molar-refractivity contribution in [1.29, 1.82) is 0 Å². The Morgan fingerprint density at radius 2 is 1.85 bits per heavy atom. The molecule has 0 aromatic heterocycles. The van der Waals surface area contributed by atoms with E-state index in [0.29, 0.717) is 5.41 Å². The molecule has 0 spiro atoms. The molecular weight excluding hydrogens is 242 g/mol. The molecule has 0 aliphatic heterocycles. The van der Waals surface area contributed by atoms with Gasteiger partial charge in [-0.15, -0.1) is 0 Å². The molecule has 1 aromatic carbocycles. The third kappa shape index (κ3) is 4.09. The Labute approximate surface area is 125 Å². The zero-order valence-electron chi connectivity index (χ0n) is 13.8. The Morgan fingerprint density at radius 1 is 1.15 bits per heavy atom. The number of hydrogen-bond acceptors (Lipinski definition) is 1. The van der Waals surface area contributed by atoms with Gasteiger partial charge in [0.1, 0.15) is 0 Å². The van der Waals surface area contributed by atoms with Crippen LogP contribution in [0.3, 0.4) is 0 Å². The third-order valence-electron chi connectivity index (χ3n) is 4.82. The summed E-state index contributed by atoms with van der Waals surface area (Å²) in [7, 11) is 0. The molecule has 0 heterocycles. The lowest BCUT2D eigenvalue weighted by Crippen LogP contribution is -2.33. The fourth-order valence-electron chi connectivity index (χ4n) is 3.95. The molecule has 1 saturated carbocycles. The van der Waals surface area contributed by atoms with Crippen molar-refractivity contribution in [2.24, 2.45) is 11.3 Å². The molecule has 1 N–H and O–H groups in total. The van der Waals surface area contributed by atoms with E-state index in [1.807, 2.05) is 0 Å². The molecule has 1 aromatic rings. The molecule has 2 rings (SSSR count). The molecule has 112 valence electrons. The summed E-state index contributed by atoms with van der Waals surface area (Å²) in [6.45, 7) is 11.3. The van der Waals surface area contributed by atoms with E-state index >= 15 is 0 Å². The van der Waals surface area contributed by atoms with Gasteiger partial charge in [-0.25, -0.2) is 0 Å². The highest BCUT2D eigenvalue weighted by Crippen LogP contribution is 2.42. The third-order valence-corrected chi connectivity index (χ3v) is 4.82. The van der Waals surface area contributed by atoms with E-state index in [1.54, 1.807) is 0 Å². The van der Waals surface area contributed by atoms with Crippen molar-refractivity contribution in [3.05, 3.63) is 34.9 Å². The van der Waals surface area contributed by atoms with Gasteiger partial charge in [0.05, 0.1) is 0 Å². The van der Waals surface area contributed by atoms with Crippen molar-refractivity contribution in [2.75, 3.05) is 6.54 Å². The lowest BCUT2D eigenvalue weighted by atomic mass is 9.78. The van der Waals surface area contributed by atoms with Crippen LogP contribution in [0.1, 0.15) is 62.6 Å². The lowest BCUT2D eigenvalue weighted by molar-refractivity contribution is 0.223. The topological polar surface area (TPSA) is 12.0 Å². The van der Waals surface area contributed by atoms with Crippen LogP contribution in [0.25, 0.3) is 0 Å². The van der Waals surface area contributed by atoms with E-state index in [9.17, 15) is 0 Å². The van der Waals surface area contributed by atoms with Crippen molar-refractivity contribution in [2.45, 2.75) is 66.3 Å². The van der Waals surface area contributed by atoms with E-state index < -0.39 is 0 Å². The van der Waals surface area contributed by atoms with Gasteiger partial charge in [-0.1, -0.05) is 50.5 Å². The van der Waals surface area contributed by atoms with Crippen molar-refractivity contribution in [3.8, 4) is 0 Å². The molecule has 0 bridgehead atoms. The second kappa shape index (κ2) is 6.76. The second-order valence-electron chi connectivity index (χ2n) is 7.34. The first-order valence-corrected chi connectivity index (χ1v) is 8.28. The van der Waals surface area contributed by atoms with E-state index in [-0.39, 0.29) is 0 Å². The van der Waals surface area contributed by atoms with Crippen LogP contribution in [0.4, 0.5) is 0 Å². The van der Waals surface area contributed by atoms with Crippen LogP contribution < -0.4 is 5.32 Å². The highest BCUT2D eigenvalue weighted by molar-refractivity contribution is 5.30. The Hall–Kier alpha value is -0.820. The van der Waals surface area contributed by atoms with Gasteiger partial charge in [-0.3, -0.25) is 0 Å². The lowest BCUT2D eigenvalue weighted by Gasteiger charge is -2.31. The first-order valence-electron chi connectivity index (χ1n) is 8.28. The van der Waals surface area contributed by atoms with Gasteiger partial charge in [0.15, 0.2) is 0 Å². The normalized spacial score (nSPS) is 17.9. The van der Waals surface area contributed by atoms with Crippen LogP contribution in [-0.2, 0) is 6.54 Å². The van der Waals surface area contributed by atoms with Crippen molar-refractivity contribution < 1.29 is 0 Å². The first-order chi connectivity index (χ1) is 9.51. The summed E-state index contributed by atoms with van der Waals surface area (Å²) in [5.74, 6) is 0.816. The summed E-state index contributed by atoms with van der Waals surface area (Å²) < 4.78 is 0. The number of hydrogen-bond donors (Lipinski definition) is 1. The van der Waals surface area contributed by atoms with Crippen molar-refractivity contribution in [1.82, 2.24) is 5.32 Å². The largest absolute Gasteiger partial charge is 0.312 e. The van der Waals surface area contributed by atoms with Crippen molar-refractivity contribution in [3.63, 3.8) is 0 Å². The second-order valence-corrected chi connectivity index (χ2v) is 7.34. The number of aryl methyl sites for hydroxylation is 2. The predicted octanol–water partition coefficient (Wildman–Crippen LogP) is 5.00. The van der Waals surface area contributed by atoms with E-state index in [2.05, 4.69) is 51.2 Å². The molecule has 1 nitrogen and oxygen atoms in total. The molecule has 0 saturated heterocycles. The first kappa shape index (κ1) is 15.6. The molecule has 0 unspecified atom stereocenters. The monoisotopic (exact) mass is 273 g/mol. The summed E-state index contributed by atoms with van der Waals surface area (Å²) in [5, 5.41) is 3.75. The van der Waals surface area contributed by atoms with E-state index in [4.69, 9.17) is 0 Å². The number of benzene rings is 1. The van der Waals surface area contributed by atoms with Gasteiger partial charge < -0.3 is 5.32 Å². The van der Waals surface area contributed by atoms with Crippen LogP contribution in [-0.4, -0.2) is 6.54 Å². The summed E-state index contributed by atoms with van der Waals surface area (Å²) in [5.41, 5.74) is 4.81. The van der Waals surface area contributed by atoms with Crippen LogP contribution in [0.2, 0.25) is 0 Å². The molecule has 0 radical (unpaired) electrons. The molecule has 1 fully saturated rings. The Kier molecular flexibility index (Phi) is 5.26. The zero-order valence-corrected chi connectivity index (χ0v) is 13.8. The molecule has 1 heteroatoms. The average molecular weight is 273 g/mol. The Bertz CT molecular complexity index is 427. The molecule has 20 heavy (non-hydrogen) atoms. The van der Waals surface area contributed by atoms with Crippen LogP contribution in [0, 0.1) is 25.2 Å². The predicted molar refractivity (Wildman–Crippen MR) is 88.0 cm³/mol. The van der Waals surface area contributed by atoms with Gasteiger partial charge in [-0.05, 0) is 55.6 Å². The Balaban J connectivity index is 1.90. The van der Waals surface area contributed by atoms with Crippen LogP contribution in [0.5, 0.6) is 0 Å². The Morgan fingerprint density at radius 3 is 2.45 bits per heavy atom. The molecule has 1 aliphatic rings. The summed E-state index contributed by atoms with van der Waals surface area (Å²) in [4.78, 5) is 0. The molecular formula is C19H31N. The van der Waals surface area contributed by atoms with E-state index in [1.165, 1.54) is 55.3 Å². The fourth-order valence-corrected chi connectivity index (χ4v) is 3.95. The minimum absolute atomic E-state index is 0.576. The van der Waals surface area contributed by atoms with E-state index in [0.717, 1.165) is 12.5 Å². The maximum Gasteiger partial charge on any atom is 0.0208 e. The summed E-state index contributed by atoms with van der Waals surface area (Å²) >= 11 is 0. The van der Waals surface area contributed by atoms with Gasteiger partial charge in [-0.2, -0.15) is 0 Å². The summed E-state index contributed by atoms with van der Waals surface area (Å²) in [6, 6.07) is 6.79. The number of nitrogens with one attached hydrogen (secondary N) is 1.